The van der Waals surface area contributed by atoms with E-state index in [1.54, 1.807) is 24.1 Å². The van der Waals surface area contributed by atoms with Gasteiger partial charge in [-0.25, -0.2) is 4.98 Å². The van der Waals surface area contributed by atoms with Gasteiger partial charge in [0.05, 0.1) is 47.7 Å². The molecule has 0 saturated carbocycles. The zero-order chi connectivity index (χ0) is 19.8. The van der Waals surface area contributed by atoms with Gasteiger partial charge >= 0.3 is 0 Å². The molecule has 140 valence electrons. The zero-order valence-corrected chi connectivity index (χ0v) is 15.8. The molecule has 28 heavy (non-hydrogen) atoms. The number of anilines is 1. The van der Waals surface area contributed by atoms with Crippen molar-refractivity contribution in [1.82, 2.24) is 9.88 Å². The highest BCUT2D eigenvalue weighted by molar-refractivity contribution is 6.11. The second-order valence-electron chi connectivity index (χ2n) is 6.77. The molecule has 2 N–H and O–H groups in total. The van der Waals surface area contributed by atoms with Crippen molar-refractivity contribution in [2.24, 2.45) is 0 Å². The molecular formula is C22H20N4O2. The molecule has 0 bridgehead atoms. The summed E-state index contributed by atoms with van der Waals surface area (Å²) in [7, 11) is 1.58. The van der Waals surface area contributed by atoms with Crippen LogP contribution in [-0.4, -0.2) is 29.4 Å². The Hall–Kier alpha value is -3.59. The fourth-order valence-electron chi connectivity index (χ4n) is 3.85. The van der Waals surface area contributed by atoms with E-state index in [1.807, 2.05) is 31.2 Å². The second-order valence-corrected chi connectivity index (χ2v) is 6.77. The Morgan fingerprint density at radius 1 is 1.25 bits per heavy atom. The van der Waals surface area contributed by atoms with Gasteiger partial charge in [-0.15, -0.1) is 0 Å². The monoisotopic (exact) mass is 372 g/mol. The van der Waals surface area contributed by atoms with Gasteiger partial charge < -0.3 is 15.4 Å². The van der Waals surface area contributed by atoms with E-state index >= 15 is 0 Å². The van der Waals surface area contributed by atoms with Crippen molar-refractivity contribution in [2.75, 3.05) is 19.4 Å². The molecule has 0 aliphatic carbocycles. The fraction of sp³-hybridized carbons (Fsp3) is 0.227. The largest absolute Gasteiger partial charge is 0.496 e. The van der Waals surface area contributed by atoms with Crippen LogP contribution >= 0.6 is 0 Å². The summed E-state index contributed by atoms with van der Waals surface area (Å²) in [4.78, 5) is 19.3. The number of nitrogens with zero attached hydrogens (tertiary/aromatic N) is 3. The predicted octanol–water partition coefficient (Wildman–Crippen LogP) is 3.73. The average Bonchev–Trinajstić information content (AvgIpc) is 3.03. The highest BCUT2D eigenvalue weighted by Gasteiger charge is 2.32. The zero-order valence-electron chi connectivity index (χ0n) is 15.8. The summed E-state index contributed by atoms with van der Waals surface area (Å²) in [6.45, 7) is 3.16. The smallest absolute Gasteiger partial charge is 0.258 e. The third-order valence-corrected chi connectivity index (χ3v) is 5.10. The van der Waals surface area contributed by atoms with E-state index in [4.69, 9.17) is 15.5 Å². The Bertz CT molecular complexity index is 1150. The summed E-state index contributed by atoms with van der Waals surface area (Å²) in [6, 6.07) is 13.2. The molecule has 0 radical (unpaired) electrons. The summed E-state index contributed by atoms with van der Waals surface area (Å²) in [5, 5.41) is 10.3. The SMILES string of the molecule is CCCN1Cc2nc3c(-c4c(C#N)cccc4OC)cccc3c(N)c2C1=O. The summed E-state index contributed by atoms with van der Waals surface area (Å²) >= 11 is 0. The van der Waals surface area contributed by atoms with Gasteiger partial charge in [-0.3, -0.25) is 4.79 Å². The van der Waals surface area contributed by atoms with E-state index in [9.17, 15) is 10.1 Å². The molecule has 1 aromatic heterocycles. The molecule has 2 aromatic carbocycles. The van der Waals surface area contributed by atoms with Crippen LogP contribution in [-0.2, 0) is 6.54 Å². The number of nitriles is 1. The van der Waals surface area contributed by atoms with E-state index < -0.39 is 0 Å². The van der Waals surface area contributed by atoms with Crippen molar-refractivity contribution >= 4 is 22.5 Å². The van der Waals surface area contributed by atoms with Crippen molar-refractivity contribution < 1.29 is 9.53 Å². The molecule has 4 rings (SSSR count). The number of nitrogens with two attached hydrogens (primary N) is 1. The van der Waals surface area contributed by atoms with Gasteiger partial charge in [0.25, 0.3) is 5.91 Å². The number of para-hydroxylation sites is 1. The minimum atomic E-state index is -0.0656. The fourth-order valence-corrected chi connectivity index (χ4v) is 3.85. The van der Waals surface area contributed by atoms with Crippen LogP contribution in [0.2, 0.25) is 0 Å². The first-order chi connectivity index (χ1) is 13.6. The van der Waals surface area contributed by atoms with E-state index in [2.05, 4.69) is 6.07 Å². The summed E-state index contributed by atoms with van der Waals surface area (Å²) in [5.74, 6) is 0.528. The predicted molar refractivity (Wildman–Crippen MR) is 108 cm³/mol. The number of hydrogen-bond donors (Lipinski definition) is 1. The normalized spacial score (nSPS) is 12.9. The van der Waals surface area contributed by atoms with E-state index in [0.29, 0.717) is 57.8 Å². The van der Waals surface area contributed by atoms with E-state index in [-0.39, 0.29) is 5.91 Å². The van der Waals surface area contributed by atoms with Crippen LogP contribution in [0.4, 0.5) is 5.69 Å². The summed E-state index contributed by atoms with van der Waals surface area (Å²) < 4.78 is 5.51. The Kier molecular flexibility index (Phi) is 4.36. The summed E-state index contributed by atoms with van der Waals surface area (Å²) in [6.07, 6.45) is 0.872. The van der Waals surface area contributed by atoms with Crippen LogP contribution in [0.1, 0.15) is 35.0 Å². The number of pyridine rings is 1. The van der Waals surface area contributed by atoms with Crippen molar-refractivity contribution in [1.29, 1.82) is 5.26 Å². The van der Waals surface area contributed by atoms with Gasteiger partial charge in [0.1, 0.15) is 5.75 Å². The van der Waals surface area contributed by atoms with Gasteiger partial charge in [0.15, 0.2) is 0 Å². The Morgan fingerprint density at radius 3 is 2.75 bits per heavy atom. The van der Waals surface area contributed by atoms with Crippen LogP contribution in [0.5, 0.6) is 5.75 Å². The lowest BCUT2D eigenvalue weighted by Gasteiger charge is -2.14. The first-order valence-corrected chi connectivity index (χ1v) is 9.18. The number of carbonyl (C=O) groups excluding carboxylic acids is 1. The molecule has 1 aliphatic rings. The minimum Gasteiger partial charge on any atom is -0.496 e. The molecule has 0 spiro atoms. The summed E-state index contributed by atoms with van der Waals surface area (Å²) in [5.41, 5.74) is 10.7. The number of fused-ring (bicyclic) bond motifs is 2. The lowest BCUT2D eigenvalue weighted by molar-refractivity contribution is 0.0779. The maximum absolute atomic E-state index is 12.7. The second kappa shape index (κ2) is 6.86. The number of aromatic nitrogens is 1. The van der Waals surface area contributed by atoms with Gasteiger partial charge in [-0.1, -0.05) is 31.2 Å². The number of benzene rings is 2. The Labute approximate surface area is 163 Å². The number of rotatable bonds is 4. The van der Waals surface area contributed by atoms with Crippen LogP contribution in [0.25, 0.3) is 22.0 Å². The van der Waals surface area contributed by atoms with Crippen LogP contribution < -0.4 is 10.5 Å². The van der Waals surface area contributed by atoms with Crippen LogP contribution in [0, 0.1) is 11.3 Å². The Balaban J connectivity index is 2.01. The number of hydrogen-bond acceptors (Lipinski definition) is 5. The van der Waals surface area contributed by atoms with Crippen molar-refractivity contribution in [3.8, 4) is 22.9 Å². The van der Waals surface area contributed by atoms with Crippen LogP contribution in [0.3, 0.4) is 0 Å². The lowest BCUT2D eigenvalue weighted by atomic mass is 9.95. The minimum absolute atomic E-state index is 0.0656. The van der Waals surface area contributed by atoms with Gasteiger partial charge in [-0.2, -0.15) is 5.26 Å². The molecular weight excluding hydrogens is 352 g/mol. The standard InChI is InChI=1S/C22H20N4O2/c1-3-10-26-12-16-19(22(26)27)20(24)15-8-5-7-14(21(15)25-16)18-13(11-23)6-4-9-17(18)28-2/h4-9H,3,10,12H2,1-2H3,(H2,24,25). The lowest BCUT2D eigenvalue weighted by Crippen LogP contribution is -2.24. The van der Waals surface area contributed by atoms with Crippen LogP contribution in [0.15, 0.2) is 36.4 Å². The third-order valence-electron chi connectivity index (χ3n) is 5.10. The molecule has 0 saturated heterocycles. The quantitative estimate of drug-likeness (QED) is 0.753. The molecule has 6 nitrogen and oxygen atoms in total. The number of nitrogen functional groups attached to an aromatic ring is 1. The van der Waals surface area contributed by atoms with Crippen molar-refractivity contribution in [3.63, 3.8) is 0 Å². The highest BCUT2D eigenvalue weighted by atomic mass is 16.5. The molecule has 0 fully saturated rings. The third kappa shape index (κ3) is 2.55. The molecule has 1 aliphatic heterocycles. The average molecular weight is 372 g/mol. The number of methoxy groups -OCH3 is 1. The van der Waals surface area contributed by atoms with Crippen molar-refractivity contribution in [3.05, 3.63) is 53.2 Å². The topological polar surface area (TPSA) is 92.2 Å². The maximum atomic E-state index is 12.7. The molecule has 0 atom stereocenters. The first-order valence-electron chi connectivity index (χ1n) is 9.18. The Morgan fingerprint density at radius 2 is 2.04 bits per heavy atom. The van der Waals surface area contributed by atoms with E-state index in [0.717, 1.165) is 12.0 Å². The number of ether oxygens (including phenoxy) is 1. The van der Waals surface area contributed by atoms with Gasteiger partial charge in [0.2, 0.25) is 0 Å². The molecule has 0 unspecified atom stereocenters. The maximum Gasteiger partial charge on any atom is 0.258 e. The molecule has 6 heteroatoms. The number of carbonyl (C=O) groups is 1. The number of amides is 1. The molecule has 1 amide bonds. The molecule has 3 aromatic rings. The molecule has 2 heterocycles. The van der Waals surface area contributed by atoms with E-state index in [1.165, 1.54) is 0 Å². The highest BCUT2D eigenvalue weighted by Crippen LogP contribution is 2.40. The van der Waals surface area contributed by atoms with Crippen molar-refractivity contribution in [2.45, 2.75) is 19.9 Å². The van der Waals surface area contributed by atoms with Gasteiger partial charge in [0, 0.05) is 23.1 Å². The van der Waals surface area contributed by atoms with Gasteiger partial charge in [-0.05, 0) is 18.6 Å². The first kappa shape index (κ1) is 17.8.